The summed E-state index contributed by atoms with van der Waals surface area (Å²) in [5.74, 6) is -1.66. The number of rotatable bonds is 4. The maximum absolute atomic E-state index is 10.4. The molecule has 0 aliphatic carbocycles. The van der Waals surface area contributed by atoms with Gasteiger partial charge in [0.05, 0.1) is 0 Å². The van der Waals surface area contributed by atoms with E-state index in [0.29, 0.717) is 0 Å². The minimum absolute atomic E-state index is 0.104. The molecule has 0 bridgehead atoms. The van der Waals surface area contributed by atoms with E-state index in [1.807, 2.05) is 0 Å². The summed E-state index contributed by atoms with van der Waals surface area (Å²) in [5.41, 5.74) is 0. The zero-order chi connectivity index (χ0) is 14.0. The highest BCUT2D eigenvalue weighted by atomic mass is 16.6. The van der Waals surface area contributed by atoms with Gasteiger partial charge in [-0.1, -0.05) is 0 Å². The van der Waals surface area contributed by atoms with E-state index in [1.165, 1.54) is 14.0 Å². The SMILES string of the molecule is COCC(=O)OCC(C)=O.O=C1COC(=O)CO1. The van der Waals surface area contributed by atoms with Gasteiger partial charge in [0.25, 0.3) is 0 Å². The van der Waals surface area contributed by atoms with Crippen LogP contribution in [0.4, 0.5) is 0 Å². The second-order valence-electron chi connectivity index (χ2n) is 3.12. The van der Waals surface area contributed by atoms with Crippen molar-refractivity contribution >= 4 is 23.7 Å². The molecule has 8 heteroatoms. The number of Topliss-reactive ketones (excluding diaryl/α,β-unsaturated/α-hetero) is 1. The molecule has 0 unspecified atom stereocenters. The second-order valence-corrected chi connectivity index (χ2v) is 3.12. The van der Waals surface area contributed by atoms with Gasteiger partial charge in [-0.25, -0.2) is 14.4 Å². The lowest BCUT2D eigenvalue weighted by Gasteiger charge is -2.09. The van der Waals surface area contributed by atoms with E-state index < -0.39 is 17.9 Å². The standard InChI is InChI=1S/C6H10O4.C4H4O4/c1-5(7)3-10-6(8)4-9-2;5-3-1-7-4(6)2-8-3/h3-4H2,1-2H3;1-2H2. The number of hydrogen-bond donors (Lipinski definition) is 0. The molecule has 1 fully saturated rings. The van der Waals surface area contributed by atoms with Crippen molar-refractivity contribution in [2.75, 3.05) is 33.5 Å². The summed E-state index contributed by atoms with van der Waals surface area (Å²) in [6.45, 7) is 0.604. The maximum Gasteiger partial charge on any atom is 0.344 e. The van der Waals surface area contributed by atoms with E-state index in [9.17, 15) is 19.2 Å². The topological polar surface area (TPSA) is 105 Å². The Morgan fingerprint density at radius 2 is 1.61 bits per heavy atom. The van der Waals surface area contributed by atoms with Gasteiger partial charge in [-0.15, -0.1) is 0 Å². The van der Waals surface area contributed by atoms with Crippen molar-refractivity contribution in [2.45, 2.75) is 6.92 Å². The Morgan fingerprint density at radius 1 is 1.11 bits per heavy atom. The molecule has 0 spiro atoms. The van der Waals surface area contributed by atoms with E-state index in [0.717, 1.165) is 0 Å². The first-order valence-electron chi connectivity index (χ1n) is 4.91. The molecular formula is C10H14O8. The number of carbonyl (C=O) groups excluding carboxylic acids is 4. The van der Waals surface area contributed by atoms with Crippen molar-refractivity contribution in [1.29, 1.82) is 0 Å². The van der Waals surface area contributed by atoms with Gasteiger partial charge in [0.2, 0.25) is 0 Å². The predicted molar refractivity (Wildman–Crippen MR) is 55.4 cm³/mol. The van der Waals surface area contributed by atoms with Crippen molar-refractivity contribution < 1.29 is 38.1 Å². The van der Waals surface area contributed by atoms with Crippen LogP contribution in [0.15, 0.2) is 0 Å². The molecule has 102 valence electrons. The molecule has 8 nitrogen and oxygen atoms in total. The fraction of sp³-hybridized carbons (Fsp3) is 0.600. The van der Waals surface area contributed by atoms with Gasteiger partial charge in [0.1, 0.15) is 13.2 Å². The molecule has 18 heavy (non-hydrogen) atoms. The molecule has 1 heterocycles. The van der Waals surface area contributed by atoms with Gasteiger partial charge in [0, 0.05) is 7.11 Å². The van der Waals surface area contributed by atoms with E-state index in [4.69, 9.17) is 0 Å². The average Bonchev–Trinajstić information content (AvgIpc) is 2.32. The van der Waals surface area contributed by atoms with Crippen LogP contribution in [0.3, 0.4) is 0 Å². The van der Waals surface area contributed by atoms with E-state index in [1.54, 1.807) is 0 Å². The van der Waals surface area contributed by atoms with Crippen LogP contribution in [0.1, 0.15) is 6.92 Å². The Labute approximate surface area is 103 Å². The number of ketones is 1. The van der Waals surface area contributed by atoms with Gasteiger partial charge in [-0.05, 0) is 6.92 Å². The Morgan fingerprint density at radius 3 is 1.94 bits per heavy atom. The number of hydrogen-bond acceptors (Lipinski definition) is 8. The lowest BCUT2D eigenvalue weighted by molar-refractivity contribution is -0.174. The molecule has 1 aliphatic rings. The molecule has 1 aliphatic heterocycles. The first-order valence-corrected chi connectivity index (χ1v) is 4.91. The van der Waals surface area contributed by atoms with Crippen LogP contribution >= 0.6 is 0 Å². The molecule has 0 aromatic heterocycles. The fourth-order valence-electron chi connectivity index (χ4n) is 0.704. The minimum Gasteiger partial charge on any atom is -0.456 e. The van der Waals surface area contributed by atoms with Crippen molar-refractivity contribution in [3.05, 3.63) is 0 Å². The summed E-state index contributed by atoms with van der Waals surface area (Å²) >= 11 is 0. The van der Waals surface area contributed by atoms with Gasteiger partial charge in [0.15, 0.2) is 19.0 Å². The largest absolute Gasteiger partial charge is 0.456 e. The molecule has 1 rings (SSSR count). The Bertz CT molecular complexity index is 294. The number of esters is 3. The first kappa shape index (κ1) is 16.0. The third-order valence-electron chi connectivity index (χ3n) is 1.40. The molecule has 0 amide bonds. The summed E-state index contributed by atoms with van der Waals surface area (Å²) in [6.07, 6.45) is 0. The molecule has 0 aromatic carbocycles. The smallest absolute Gasteiger partial charge is 0.344 e. The first-order chi connectivity index (χ1) is 8.45. The summed E-state index contributed by atoms with van der Waals surface area (Å²) < 4.78 is 17.4. The van der Waals surface area contributed by atoms with Crippen molar-refractivity contribution in [3.63, 3.8) is 0 Å². The van der Waals surface area contributed by atoms with E-state index >= 15 is 0 Å². The lowest BCUT2D eigenvalue weighted by Crippen LogP contribution is -2.27. The fourth-order valence-corrected chi connectivity index (χ4v) is 0.704. The van der Waals surface area contributed by atoms with Crippen LogP contribution in [-0.4, -0.2) is 57.2 Å². The van der Waals surface area contributed by atoms with Crippen molar-refractivity contribution in [2.24, 2.45) is 0 Å². The van der Waals surface area contributed by atoms with Gasteiger partial charge >= 0.3 is 17.9 Å². The zero-order valence-electron chi connectivity index (χ0n) is 10.1. The van der Waals surface area contributed by atoms with Crippen LogP contribution in [0.5, 0.6) is 0 Å². The number of cyclic esters (lactones) is 2. The van der Waals surface area contributed by atoms with Gasteiger partial charge in [-0.2, -0.15) is 0 Å². The maximum atomic E-state index is 10.4. The summed E-state index contributed by atoms with van der Waals surface area (Å²) in [4.78, 5) is 40.9. The summed E-state index contributed by atoms with van der Waals surface area (Å²) in [6, 6.07) is 0. The van der Waals surface area contributed by atoms with Crippen LogP contribution in [0, 0.1) is 0 Å². The van der Waals surface area contributed by atoms with Crippen LogP contribution in [0.25, 0.3) is 0 Å². The highest BCUT2D eigenvalue weighted by Crippen LogP contribution is 1.90. The normalized spacial score (nSPS) is 13.7. The Hall–Kier alpha value is -1.96. The molecule has 0 saturated carbocycles. The molecule has 0 atom stereocenters. The van der Waals surface area contributed by atoms with Crippen LogP contribution < -0.4 is 0 Å². The summed E-state index contributed by atoms with van der Waals surface area (Å²) in [7, 11) is 1.38. The molecule has 1 saturated heterocycles. The monoisotopic (exact) mass is 262 g/mol. The van der Waals surface area contributed by atoms with Crippen molar-refractivity contribution in [1.82, 2.24) is 0 Å². The average molecular weight is 262 g/mol. The minimum atomic E-state index is -0.516. The second kappa shape index (κ2) is 9.11. The lowest BCUT2D eigenvalue weighted by atomic mass is 10.5. The summed E-state index contributed by atoms with van der Waals surface area (Å²) in [5, 5.41) is 0. The van der Waals surface area contributed by atoms with Crippen LogP contribution in [-0.2, 0) is 38.1 Å². The number of ether oxygens (including phenoxy) is 4. The molecule has 0 aromatic rings. The highest BCUT2D eigenvalue weighted by Gasteiger charge is 2.16. The predicted octanol–water partition coefficient (Wildman–Crippen LogP) is -1.15. The highest BCUT2D eigenvalue weighted by molar-refractivity contribution is 5.82. The molecule has 0 radical (unpaired) electrons. The van der Waals surface area contributed by atoms with Crippen LogP contribution in [0.2, 0.25) is 0 Å². The zero-order valence-corrected chi connectivity index (χ0v) is 10.1. The van der Waals surface area contributed by atoms with Gasteiger partial charge < -0.3 is 18.9 Å². The third-order valence-corrected chi connectivity index (χ3v) is 1.40. The molecular weight excluding hydrogens is 248 g/mol. The van der Waals surface area contributed by atoms with E-state index in [-0.39, 0.29) is 32.2 Å². The Balaban J connectivity index is 0.000000327. The van der Waals surface area contributed by atoms with E-state index in [2.05, 4.69) is 18.9 Å². The number of methoxy groups -OCH3 is 1. The van der Waals surface area contributed by atoms with Gasteiger partial charge in [-0.3, -0.25) is 4.79 Å². The quantitative estimate of drug-likeness (QED) is 0.462. The number of carbonyl (C=O) groups is 4. The third kappa shape index (κ3) is 9.28. The molecule has 0 N–H and O–H groups in total. The Kier molecular flexibility index (Phi) is 8.12. The van der Waals surface area contributed by atoms with Crippen molar-refractivity contribution in [3.8, 4) is 0 Å².